The topological polar surface area (TPSA) is 37.3 Å². The van der Waals surface area contributed by atoms with Crippen LogP contribution in [0.3, 0.4) is 0 Å². The van der Waals surface area contributed by atoms with Crippen molar-refractivity contribution >= 4 is 29.9 Å². The van der Waals surface area contributed by atoms with Crippen molar-refractivity contribution in [1.29, 1.82) is 0 Å². The zero-order valence-electron chi connectivity index (χ0n) is 10.8. The first-order chi connectivity index (χ1) is 7.97. The molecule has 4 nitrogen and oxygen atoms in total. The molecule has 2 heterocycles. The van der Waals surface area contributed by atoms with Gasteiger partial charge in [0.25, 0.3) is 5.91 Å². The van der Waals surface area contributed by atoms with Gasteiger partial charge in [0, 0.05) is 38.4 Å². The molecule has 1 aromatic heterocycles. The van der Waals surface area contributed by atoms with Crippen molar-refractivity contribution in [3.05, 3.63) is 23.0 Å². The Bertz CT molecular complexity index is 423. The molecule has 0 radical (unpaired) electrons. The van der Waals surface area contributed by atoms with E-state index in [0.29, 0.717) is 22.8 Å². The van der Waals surface area contributed by atoms with Crippen LogP contribution in [-0.4, -0.2) is 40.5 Å². The minimum Gasteiger partial charge on any atom is -0.345 e. The fourth-order valence-corrected chi connectivity index (χ4v) is 2.64. The summed E-state index contributed by atoms with van der Waals surface area (Å²) in [6.07, 6.45) is 1.75. The maximum Gasteiger partial charge on any atom is 0.270 e. The van der Waals surface area contributed by atoms with Crippen molar-refractivity contribution in [2.45, 2.75) is 25.9 Å². The summed E-state index contributed by atoms with van der Waals surface area (Å²) < 4.78 is 1.78. The van der Waals surface area contributed by atoms with Crippen molar-refractivity contribution in [2.75, 3.05) is 13.1 Å². The van der Waals surface area contributed by atoms with E-state index < -0.39 is 0 Å². The molecule has 2 rings (SSSR count). The smallest absolute Gasteiger partial charge is 0.270 e. The van der Waals surface area contributed by atoms with E-state index in [0.717, 1.165) is 13.1 Å². The second-order valence-corrected chi connectivity index (χ2v) is 5.27. The Morgan fingerprint density at radius 2 is 1.94 bits per heavy atom. The van der Waals surface area contributed by atoms with Gasteiger partial charge in [-0.15, -0.1) is 12.4 Å². The van der Waals surface area contributed by atoms with Crippen molar-refractivity contribution in [3.8, 4) is 0 Å². The fraction of sp³-hybridized carbons (Fsp3) is 0.583. The highest BCUT2D eigenvalue weighted by molar-refractivity contribution is 6.31. The molecule has 1 aliphatic rings. The highest BCUT2D eigenvalue weighted by Gasteiger charge is 2.26. The number of carbonyl (C=O) groups is 1. The van der Waals surface area contributed by atoms with Gasteiger partial charge in [-0.05, 0) is 19.9 Å². The maximum atomic E-state index is 12.3. The highest BCUT2D eigenvalue weighted by Crippen LogP contribution is 2.16. The monoisotopic (exact) mass is 291 g/mol. The Hall–Kier alpha value is -0.710. The third-order valence-electron chi connectivity index (χ3n) is 3.04. The lowest BCUT2D eigenvalue weighted by Gasteiger charge is -2.36. The molecule has 6 heteroatoms. The summed E-state index contributed by atoms with van der Waals surface area (Å²) in [5, 5.41) is 4.01. The zero-order valence-corrected chi connectivity index (χ0v) is 12.4. The number of halogens is 2. The molecule has 0 saturated carbocycles. The largest absolute Gasteiger partial charge is 0.345 e. The predicted molar refractivity (Wildman–Crippen MR) is 75.6 cm³/mol. The molecule has 2 unspecified atom stereocenters. The summed E-state index contributed by atoms with van der Waals surface area (Å²) >= 11 is 5.90. The zero-order chi connectivity index (χ0) is 12.6. The summed E-state index contributed by atoms with van der Waals surface area (Å²) in [7, 11) is 1.84. The van der Waals surface area contributed by atoms with Gasteiger partial charge in [0.2, 0.25) is 0 Å². The van der Waals surface area contributed by atoms with E-state index in [1.54, 1.807) is 16.8 Å². The Labute approximate surface area is 119 Å². The van der Waals surface area contributed by atoms with Gasteiger partial charge in [0.1, 0.15) is 5.69 Å². The first kappa shape index (κ1) is 15.3. The summed E-state index contributed by atoms with van der Waals surface area (Å²) in [6.45, 7) is 5.67. The summed E-state index contributed by atoms with van der Waals surface area (Å²) in [5.74, 6) is 0.0552. The number of aromatic nitrogens is 1. The van der Waals surface area contributed by atoms with Gasteiger partial charge >= 0.3 is 0 Å². The van der Waals surface area contributed by atoms with E-state index in [2.05, 4.69) is 19.2 Å². The van der Waals surface area contributed by atoms with E-state index in [-0.39, 0.29) is 18.3 Å². The quantitative estimate of drug-likeness (QED) is 0.858. The first-order valence-corrected chi connectivity index (χ1v) is 6.22. The van der Waals surface area contributed by atoms with Crippen molar-refractivity contribution in [3.63, 3.8) is 0 Å². The molecule has 2 atom stereocenters. The Balaban J connectivity index is 0.00000162. The lowest BCUT2D eigenvalue weighted by atomic mass is 10.1. The average molecular weight is 292 g/mol. The molecule has 102 valence electrons. The average Bonchev–Trinajstić information content (AvgIpc) is 2.55. The van der Waals surface area contributed by atoms with Crippen molar-refractivity contribution < 1.29 is 4.79 Å². The molecular formula is C12H19Cl2N3O. The Morgan fingerprint density at radius 1 is 1.39 bits per heavy atom. The molecule has 1 aromatic rings. The van der Waals surface area contributed by atoms with Crippen LogP contribution < -0.4 is 5.32 Å². The van der Waals surface area contributed by atoms with Crippen LogP contribution >= 0.6 is 24.0 Å². The summed E-state index contributed by atoms with van der Waals surface area (Å²) in [5.41, 5.74) is 0.649. The summed E-state index contributed by atoms with van der Waals surface area (Å²) in [6, 6.07) is 2.39. The fourth-order valence-electron chi connectivity index (χ4n) is 2.39. The van der Waals surface area contributed by atoms with Gasteiger partial charge in [0.05, 0.1) is 5.02 Å². The van der Waals surface area contributed by atoms with Gasteiger partial charge in [0.15, 0.2) is 0 Å². The number of aryl methyl sites for hydroxylation is 1. The van der Waals surface area contributed by atoms with Crippen LogP contribution in [0.2, 0.25) is 5.02 Å². The van der Waals surface area contributed by atoms with Crippen LogP contribution in [0.15, 0.2) is 12.3 Å². The third kappa shape index (κ3) is 3.19. The maximum absolute atomic E-state index is 12.3. The lowest BCUT2D eigenvalue weighted by Crippen LogP contribution is -2.56. The number of nitrogens with zero attached hydrogens (tertiary/aromatic N) is 2. The van der Waals surface area contributed by atoms with E-state index in [1.807, 2.05) is 11.9 Å². The molecule has 0 aliphatic carbocycles. The van der Waals surface area contributed by atoms with Gasteiger partial charge in [-0.2, -0.15) is 0 Å². The van der Waals surface area contributed by atoms with Crippen LogP contribution in [0.1, 0.15) is 24.3 Å². The third-order valence-corrected chi connectivity index (χ3v) is 3.24. The molecule has 1 N–H and O–H groups in total. The van der Waals surface area contributed by atoms with Gasteiger partial charge in [-0.1, -0.05) is 11.6 Å². The number of hydrogen-bond donors (Lipinski definition) is 1. The lowest BCUT2D eigenvalue weighted by molar-refractivity contribution is 0.0664. The summed E-state index contributed by atoms with van der Waals surface area (Å²) in [4.78, 5) is 14.2. The van der Waals surface area contributed by atoms with Crippen LogP contribution in [0.25, 0.3) is 0 Å². The molecule has 1 aliphatic heterocycles. The molecule has 1 amide bonds. The van der Waals surface area contributed by atoms with Gasteiger partial charge < -0.3 is 14.8 Å². The number of nitrogens with one attached hydrogen (secondary N) is 1. The molecule has 1 saturated heterocycles. The van der Waals surface area contributed by atoms with Gasteiger partial charge in [-0.3, -0.25) is 4.79 Å². The predicted octanol–water partition coefficient (Wildman–Crippen LogP) is 1.92. The first-order valence-electron chi connectivity index (χ1n) is 5.84. The van der Waals surface area contributed by atoms with Gasteiger partial charge in [-0.25, -0.2) is 0 Å². The van der Waals surface area contributed by atoms with Crippen LogP contribution in [0, 0.1) is 0 Å². The number of amides is 1. The molecule has 0 aromatic carbocycles. The van der Waals surface area contributed by atoms with E-state index in [4.69, 9.17) is 11.6 Å². The Kier molecular flexibility index (Phi) is 5.08. The second-order valence-electron chi connectivity index (χ2n) is 4.83. The van der Waals surface area contributed by atoms with Crippen molar-refractivity contribution in [1.82, 2.24) is 14.8 Å². The normalized spacial score (nSPS) is 23.7. The number of carbonyl (C=O) groups excluding carboxylic acids is 1. The van der Waals surface area contributed by atoms with Crippen LogP contribution in [-0.2, 0) is 7.05 Å². The molecule has 0 spiro atoms. The molecule has 18 heavy (non-hydrogen) atoms. The molecule has 1 fully saturated rings. The van der Waals surface area contributed by atoms with E-state index in [1.165, 1.54) is 0 Å². The minimum absolute atomic E-state index is 0. The van der Waals surface area contributed by atoms with Crippen LogP contribution in [0.5, 0.6) is 0 Å². The SMILES string of the molecule is CC1CN(C(=O)c2cc(Cl)cn2C)CC(C)N1.Cl. The number of rotatable bonds is 1. The highest BCUT2D eigenvalue weighted by atomic mass is 35.5. The number of piperazine rings is 1. The van der Waals surface area contributed by atoms with Crippen molar-refractivity contribution in [2.24, 2.45) is 7.05 Å². The van der Waals surface area contributed by atoms with Crippen LogP contribution in [0.4, 0.5) is 0 Å². The standard InChI is InChI=1S/C12H18ClN3O.ClH/c1-8-5-16(6-9(2)14-8)12(17)11-4-10(13)7-15(11)3;/h4,7-9,14H,5-6H2,1-3H3;1H. The molecular weight excluding hydrogens is 273 g/mol. The second kappa shape index (κ2) is 5.95. The minimum atomic E-state index is 0. The van der Waals surface area contributed by atoms with E-state index in [9.17, 15) is 4.79 Å². The Morgan fingerprint density at radius 3 is 2.39 bits per heavy atom. The number of hydrogen-bond acceptors (Lipinski definition) is 2. The van der Waals surface area contributed by atoms with E-state index >= 15 is 0 Å². The molecule has 0 bridgehead atoms.